The minimum atomic E-state index is 0.0324. The van der Waals surface area contributed by atoms with E-state index in [4.69, 9.17) is 9.31 Å². The molecule has 0 aromatic carbocycles. The molecule has 0 amide bonds. The van der Waals surface area contributed by atoms with Gasteiger partial charge in [-0.15, -0.1) is 0 Å². The lowest BCUT2D eigenvalue weighted by Gasteiger charge is -2.10. The van der Waals surface area contributed by atoms with Crippen molar-refractivity contribution in [2.24, 2.45) is 0 Å². The fourth-order valence-electron chi connectivity index (χ4n) is 1.14. The smallest absolute Gasteiger partial charge is 0.406 e. The molecule has 1 rings (SSSR count). The van der Waals surface area contributed by atoms with E-state index in [9.17, 15) is 0 Å². The normalized spacial score (nSPS) is 34.4. The Morgan fingerprint density at radius 2 is 1.73 bits per heavy atom. The molecule has 0 aromatic rings. The zero-order valence-electron chi connectivity index (χ0n) is 7.83. The van der Waals surface area contributed by atoms with Crippen LogP contribution in [0.2, 0.25) is 5.82 Å². The highest BCUT2D eigenvalue weighted by molar-refractivity contribution is 6.47. The molecule has 0 bridgehead atoms. The summed E-state index contributed by atoms with van der Waals surface area (Å²) in [6.07, 6.45) is 1.63. The monoisotopic (exact) mass is 156 g/mol. The topological polar surface area (TPSA) is 18.5 Å². The molecule has 0 saturated carbocycles. The summed E-state index contributed by atoms with van der Waals surface area (Å²) in [5.41, 5.74) is 0. The van der Waals surface area contributed by atoms with Gasteiger partial charge in [-0.05, 0) is 19.7 Å². The second kappa shape index (κ2) is 3.59. The molecular formula is C8H17BO2. The standard InChI is InChI=1S/C8H17BO2/c1-5-6(2)9-10-7(3)8(4)11-9/h6-8H,5H2,1-4H3/t6-,7+,8+/m0/s1. The quantitative estimate of drug-likeness (QED) is 0.570. The minimum Gasteiger partial charge on any atom is -0.406 e. The third-order valence-electron chi connectivity index (χ3n) is 2.47. The predicted octanol–water partition coefficient (Wildman–Crippen LogP) is 2.10. The Balaban J connectivity index is 2.40. The fraction of sp³-hybridized carbons (Fsp3) is 1.00. The summed E-state index contributed by atoms with van der Waals surface area (Å²) in [5, 5.41) is 0. The molecule has 1 aliphatic rings. The van der Waals surface area contributed by atoms with Crippen LogP contribution in [0.1, 0.15) is 34.1 Å². The number of rotatable bonds is 2. The molecule has 0 spiro atoms. The molecule has 2 nitrogen and oxygen atoms in total. The van der Waals surface area contributed by atoms with E-state index >= 15 is 0 Å². The van der Waals surface area contributed by atoms with Gasteiger partial charge in [0.25, 0.3) is 0 Å². The van der Waals surface area contributed by atoms with E-state index in [0.29, 0.717) is 5.82 Å². The summed E-state index contributed by atoms with van der Waals surface area (Å²) in [6.45, 7) is 8.44. The Bertz CT molecular complexity index is 119. The van der Waals surface area contributed by atoms with E-state index < -0.39 is 0 Å². The maximum Gasteiger partial charge on any atom is 0.460 e. The third-order valence-corrected chi connectivity index (χ3v) is 2.47. The number of hydrogen-bond donors (Lipinski definition) is 0. The van der Waals surface area contributed by atoms with Crippen molar-refractivity contribution in [2.45, 2.75) is 52.1 Å². The number of hydrogen-bond acceptors (Lipinski definition) is 2. The predicted molar refractivity (Wildman–Crippen MR) is 46.6 cm³/mol. The van der Waals surface area contributed by atoms with Crippen molar-refractivity contribution in [3.8, 4) is 0 Å². The maximum atomic E-state index is 5.60. The molecule has 0 aliphatic carbocycles. The van der Waals surface area contributed by atoms with Crippen molar-refractivity contribution in [1.82, 2.24) is 0 Å². The molecular weight excluding hydrogens is 139 g/mol. The minimum absolute atomic E-state index is 0.0324. The molecule has 64 valence electrons. The first kappa shape index (κ1) is 9.08. The van der Waals surface area contributed by atoms with Gasteiger partial charge in [-0.1, -0.05) is 20.3 Å². The van der Waals surface area contributed by atoms with E-state index in [-0.39, 0.29) is 19.3 Å². The average Bonchev–Trinajstić information content (AvgIpc) is 2.31. The second-order valence-electron chi connectivity index (χ2n) is 3.44. The van der Waals surface area contributed by atoms with Crippen LogP contribution >= 0.6 is 0 Å². The van der Waals surface area contributed by atoms with Crippen LogP contribution in [-0.4, -0.2) is 19.3 Å². The zero-order chi connectivity index (χ0) is 8.43. The second-order valence-corrected chi connectivity index (χ2v) is 3.44. The molecule has 0 radical (unpaired) electrons. The van der Waals surface area contributed by atoms with Crippen LogP contribution in [0.25, 0.3) is 0 Å². The van der Waals surface area contributed by atoms with E-state index in [0.717, 1.165) is 6.42 Å². The fourth-order valence-corrected chi connectivity index (χ4v) is 1.14. The lowest BCUT2D eigenvalue weighted by atomic mass is 9.72. The Labute approximate surface area is 69.4 Å². The Morgan fingerprint density at radius 3 is 2.09 bits per heavy atom. The van der Waals surface area contributed by atoms with Gasteiger partial charge in [-0.25, -0.2) is 0 Å². The maximum absolute atomic E-state index is 5.60. The molecule has 1 saturated heterocycles. The summed E-state index contributed by atoms with van der Waals surface area (Å²) < 4.78 is 11.2. The van der Waals surface area contributed by atoms with Gasteiger partial charge >= 0.3 is 7.12 Å². The van der Waals surface area contributed by atoms with E-state index in [1.807, 2.05) is 0 Å². The first-order valence-corrected chi connectivity index (χ1v) is 4.46. The third kappa shape index (κ3) is 1.97. The van der Waals surface area contributed by atoms with Crippen LogP contribution < -0.4 is 0 Å². The van der Waals surface area contributed by atoms with Crippen LogP contribution in [0.3, 0.4) is 0 Å². The molecule has 1 fully saturated rings. The lowest BCUT2D eigenvalue weighted by Crippen LogP contribution is -2.20. The lowest BCUT2D eigenvalue weighted by molar-refractivity contribution is 0.187. The first-order valence-electron chi connectivity index (χ1n) is 4.46. The molecule has 1 heterocycles. The van der Waals surface area contributed by atoms with Gasteiger partial charge in [0.2, 0.25) is 0 Å². The van der Waals surface area contributed by atoms with Gasteiger partial charge in [0, 0.05) is 0 Å². The van der Waals surface area contributed by atoms with E-state index in [1.54, 1.807) is 0 Å². The Kier molecular flexibility index (Phi) is 2.96. The van der Waals surface area contributed by atoms with Gasteiger partial charge in [0.1, 0.15) is 0 Å². The highest BCUT2D eigenvalue weighted by Gasteiger charge is 2.37. The van der Waals surface area contributed by atoms with Gasteiger partial charge in [-0.2, -0.15) is 0 Å². The van der Waals surface area contributed by atoms with Crippen LogP contribution in [-0.2, 0) is 9.31 Å². The largest absolute Gasteiger partial charge is 0.460 e. The molecule has 0 aromatic heterocycles. The van der Waals surface area contributed by atoms with Crippen molar-refractivity contribution in [3.05, 3.63) is 0 Å². The van der Waals surface area contributed by atoms with Crippen molar-refractivity contribution in [3.63, 3.8) is 0 Å². The average molecular weight is 156 g/mol. The molecule has 0 unspecified atom stereocenters. The Morgan fingerprint density at radius 1 is 1.27 bits per heavy atom. The van der Waals surface area contributed by atoms with Crippen LogP contribution in [0, 0.1) is 0 Å². The van der Waals surface area contributed by atoms with Gasteiger partial charge in [0.15, 0.2) is 0 Å². The van der Waals surface area contributed by atoms with Crippen molar-refractivity contribution in [2.75, 3.05) is 0 Å². The summed E-state index contributed by atoms with van der Waals surface area (Å²) in [7, 11) is 0.0324. The molecule has 3 heteroatoms. The van der Waals surface area contributed by atoms with Crippen LogP contribution in [0.4, 0.5) is 0 Å². The van der Waals surface area contributed by atoms with Crippen molar-refractivity contribution < 1.29 is 9.31 Å². The summed E-state index contributed by atoms with van der Waals surface area (Å²) in [6, 6.07) is 0. The van der Waals surface area contributed by atoms with Crippen molar-refractivity contribution in [1.29, 1.82) is 0 Å². The van der Waals surface area contributed by atoms with Crippen molar-refractivity contribution >= 4 is 7.12 Å². The molecule has 11 heavy (non-hydrogen) atoms. The van der Waals surface area contributed by atoms with Crippen LogP contribution in [0.5, 0.6) is 0 Å². The summed E-state index contributed by atoms with van der Waals surface area (Å²) >= 11 is 0. The van der Waals surface area contributed by atoms with Crippen LogP contribution in [0.15, 0.2) is 0 Å². The molecule has 1 aliphatic heterocycles. The first-order chi connectivity index (χ1) is 5.15. The van der Waals surface area contributed by atoms with Gasteiger partial charge < -0.3 is 9.31 Å². The Hall–Kier alpha value is -0.0151. The SMILES string of the molecule is CC[C@H](C)B1O[C@H](C)[C@@H](C)O1. The van der Waals surface area contributed by atoms with Gasteiger partial charge in [0.05, 0.1) is 12.2 Å². The molecule has 3 atom stereocenters. The summed E-state index contributed by atoms with van der Waals surface area (Å²) in [4.78, 5) is 0. The zero-order valence-corrected chi connectivity index (χ0v) is 7.83. The highest BCUT2D eigenvalue weighted by atomic mass is 16.7. The molecule has 0 N–H and O–H groups in total. The summed E-state index contributed by atoms with van der Waals surface area (Å²) in [5.74, 6) is 0.516. The van der Waals surface area contributed by atoms with Gasteiger partial charge in [-0.3, -0.25) is 0 Å². The van der Waals surface area contributed by atoms with E-state index in [2.05, 4.69) is 27.7 Å². The van der Waals surface area contributed by atoms with E-state index in [1.165, 1.54) is 0 Å². The highest BCUT2D eigenvalue weighted by Crippen LogP contribution is 2.25.